The number of hydrogen-bond acceptors (Lipinski definition) is 11. The predicted molar refractivity (Wildman–Crippen MR) is 90.3 cm³/mol. The molecule has 2 fully saturated rings. The van der Waals surface area contributed by atoms with E-state index in [2.05, 4.69) is 5.32 Å². The van der Waals surface area contributed by atoms with Crippen molar-refractivity contribution in [3.05, 3.63) is 0 Å². The van der Waals surface area contributed by atoms with Crippen LogP contribution in [0.1, 0.15) is 6.92 Å². The van der Waals surface area contributed by atoms with Crippen molar-refractivity contribution in [3.63, 3.8) is 0 Å². The Labute approximate surface area is 166 Å². The zero-order chi connectivity index (χ0) is 21.9. The third-order valence-electron chi connectivity index (χ3n) is 4.81. The maximum atomic E-state index is 11.6. The van der Waals surface area contributed by atoms with E-state index in [-0.39, 0.29) is 0 Å². The van der Waals surface area contributed by atoms with Gasteiger partial charge < -0.3 is 54.5 Å². The fraction of sp³-hybridized carbons (Fsp3) is 0.875. The Bertz CT molecular complexity index is 576. The Kier molecular flexibility index (Phi) is 8.28. The minimum Gasteiger partial charge on any atom is -0.479 e. The van der Waals surface area contributed by atoms with E-state index in [0.29, 0.717) is 0 Å². The highest BCUT2D eigenvalue weighted by Gasteiger charge is 2.53. The molecule has 168 valence electrons. The van der Waals surface area contributed by atoms with Gasteiger partial charge in [-0.1, -0.05) is 0 Å². The first-order valence-corrected chi connectivity index (χ1v) is 8.83. The van der Waals surface area contributed by atoms with Crippen LogP contribution in [-0.4, -0.2) is 120 Å². The summed E-state index contributed by atoms with van der Waals surface area (Å²) < 4.78 is 26.3. The van der Waals surface area contributed by atoms with Crippen LogP contribution < -0.4 is 5.32 Å². The van der Waals surface area contributed by atoms with Gasteiger partial charge >= 0.3 is 5.97 Å². The molecular formula is C16H27NO12. The molecule has 0 aromatic rings. The number of nitrogens with one attached hydrogen (secondary N) is 1. The number of carbonyl (C=O) groups excluding carboxylic acids is 1. The van der Waals surface area contributed by atoms with Crippen molar-refractivity contribution in [2.45, 2.75) is 68.3 Å². The largest absolute Gasteiger partial charge is 0.479 e. The number of rotatable bonds is 7. The Morgan fingerprint density at radius 1 is 0.966 bits per heavy atom. The molecule has 0 aromatic carbocycles. The lowest BCUT2D eigenvalue weighted by Crippen LogP contribution is -2.68. The van der Waals surface area contributed by atoms with Gasteiger partial charge in [0.1, 0.15) is 42.7 Å². The number of carboxylic acid groups (broad SMARTS) is 1. The van der Waals surface area contributed by atoms with Crippen LogP contribution in [0.15, 0.2) is 0 Å². The molecule has 10 atom stereocenters. The van der Waals surface area contributed by atoms with Crippen LogP contribution in [0, 0.1) is 0 Å². The Morgan fingerprint density at radius 2 is 1.62 bits per heavy atom. The van der Waals surface area contributed by atoms with Crippen LogP contribution in [0.2, 0.25) is 0 Å². The molecule has 0 radical (unpaired) electrons. The Morgan fingerprint density at radius 3 is 2.10 bits per heavy atom. The van der Waals surface area contributed by atoms with Crippen molar-refractivity contribution >= 4 is 11.9 Å². The van der Waals surface area contributed by atoms with E-state index >= 15 is 0 Å². The van der Waals surface area contributed by atoms with Crippen LogP contribution >= 0.6 is 0 Å². The minimum absolute atomic E-state index is 0.517. The summed E-state index contributed by atoms with van der Waals surface area (Å²) in [7, 11) is 2.41. The highest BCUT2D eigenvalue weighted by atomic mass is 16.7. The first-order chi connectivity index (χ1) is 13.7. The van der Waals surface area contributed by atoms with Crippen molar-refractivity contribution in [1.82, 2.24) is 5.32 Å². The van der Waals surface area contributed by atoms with Crippen LogP contribution in [0.4, 0.5) is 0 Å². The Hall–Kier alpha value is -1.42. The van der Waals surface area contributed by atoms with Crippen LogP contribution in [0.25, 0.3) is 0 Å². The van der Waals surface area contributed by atoms with Gasteiger partial charge in [-0.15, -0.1) is 0 Å². The van der Waals surface area contributed by atoms with E-state index < -0.39 is 79.8 Å². The summed E-state index contributed by atoms with van der Waals surface area (Å²) in [6.45, 7) is 0.585. The molecule has 6 N–H and O–H groups in total. The summed E-state index contributed by atoms with van der Waals surface area (Å²) in [5.41, 5.74) is 0. The van der Waals surface area contributed by atoms with Gasteiger partial charge in [-0.2, -0.15) is 0 Å². The molecule has 1 amide bonds. The molecule has 13 heteroatoms. The molecule has 2 heterocycles. The molecule has 13 nitrogen and oxygen atoms in total. The maximum Gasteiger partial charge on any atom is 0.335 e. The van der Waals surface area contributed by atoms with Crippen LogP contribution in [0.5, 0.6) is 0 Å². The number of hydrogen-bond donors (Lipinski definition) is 6. The fourth-order valence-corrected chi connectivity index (χ4v) is 3.39. The first-order valence-electron chi connectivity index (χ1n) is 8.83. The highest BCUT2D eigenvalue weighted by Crippen LogP contribution is 2.30. The van der Waals surface area contributed by atoms with Crippen molar-refractivity contribution in [2.75, 3.05) is 20.8 Å². The molecule has 29 heavy (non-hydrogen) atoms. The summed E-state index contributed by atoms with van der Waals surface area (Å²) in [6.07, 6.45) is -13.3. The number of carboxylic acids is 1. The third kappa shape index (κ3) is 5.02. The average molecular weight is 425 g/mol. The quantitative estimate of drug-likeness (QED) is 0.233. The summed E-state index contributed by atoms with van der Waals surface area (Å²) in [5.74, 6) is -1.98. The Balaban J connectivity index is 2.30. The lowest BCUT2D eigenvalue weighted by molar-refractivity contribution is -0.339. The van der Waals surface area contributed by atoms with Gasteiger partial charge in [-0.25, -0.2) is 4.79 Å². The molecule has 0 bridgehead atoms. The van der Waals surface area contributed by atoms with Gasteiger partial charge in [-0.3, -0.25) is 4.79 Å². The van der Waals surface area contributed by atoms with Crippen molar-refractivity contribution < 1.29 is 58.8 Å². The number of carbonyl (C=O) groups is 2. The van der Waals surface area contributed by atoms with E-state index in [9.17, 15) is 35.1 Å². The van der Waals surface area contributed by atoms with E-state index in [1.165, 1.54) is 14.0 Å². The molecule has 0 aromatic heterocycles. The number of ether oxygens (including phenoxy) is 5. The molecule has 2 saturated heterocycles. The number of amides is 1. The molecule has 0 saturated carbocycles. The molecule has 2 aliphatic rings. The van der Waals surface area contributed by atoms with Gasteiger partial charge in [0.2, 0.25) is 5.91 Å². The van der Waals surface area contributed by atoms with Crippen molar-refractivity contribution in [1.29, 1.82) is 0 Å². The van der Waals surface area contributed by atoms with E-state index in [1.807, 2.05) is 0 Å². The normalized spacial score (nSPS) is 43.0. The second kappa shape index (κ2) is 10.1. The van der Waals surface area contributed by atoms with E-state index in [0.717, 1.165) is 7.11 Å². The topological polar surface area (TPSA) is 193 Å². The van der Waals surface area contributed by atoms with Gasteiger partial charge in [0.05, 0.1) is 6.61 Å². The zero-order valence-corrected chi connectivity index (χ0v) is 16.1. The summed E-state index contributed by atoms with van der Waals surface area (Å²) >= 11 is 0. The highest BCUT2D eigenvalue weighted by molar-refractivity contribution is 5.73. The maximum absolute atomic E-state index is 11.6. The second-order valence-electron chi connectivity index (χ2n) is 6.72. The van der Waals surface area contributed by atoms with Crippen molar-refractivity contribution in [3.8, 4) is 0 Å². The lowest BCUT2D eigenvalue weighted by atomic mass is 9.95. The third-order valence-corrected chi connectivity index (χ3v) is 4.81. The van der Waals surface area contributed by atoms with Crippen LogP contribution in [-0.2, 0) is 33.3 Å². The lowest BCUT2D eigenvalue weighted by Gasteiger charge is -2.47. The van der Waals surface area contributed by atoms with Gasteiger partial charge in [-0.05, 0) is 0 Å². The van der Waals surface area contributed by atoms with Crippen molar-refractivity contribution in [2.24, 2.45) is 0 Å². The monoisotopic (exact) mass is 425 g/mol. The SMILES string of the molecule is COC1OC(CO)[C@@H](O)[C@H](OC2OC(C(=O)O)[C@@H](OC)[C@H](O)[C@@H]2O)[C@@H]1NC(C)=O. The average Bonchev–Trinajstić information content (AvgIpc) is 2.67. The smallest absolute Gasteiger partial charge is 0.335 e. The minimum atomic E-state index is -1.74. The second-order valence-corrected chi connectivity index (χ2v) is 6.72. The van der Waals surface area contributed by atoms with E-state index in [4.69, 9.17) is 23.7 Å². The number of aliphatic hydroxyl groups excluding tert-OH is 4. The summed E-state index contributed by atoms with van der Waals surface area (Å²) in [4.78, 5) is 23.0. The van der Waals surface area contributed by atoms with E-state index in [1.54, 1.807) is 0 Å². The molecule has 0 spiro atoms. The summed E-state index contributed by atoms with van der Waals surface area (Å²) in [6, 6.07) is -1.10. The predicted octanol–water partition coefficient (Wildman–Crippen LogP) is -3.85. The zero-order valence-electron chi connectivity index (χ0n) is 16.1. The van der Waals surface area contributed by atoms with Crippen LogP contribution in [0.3, 0.4) is 0 Å². The van der Waals surface area contributed by atoms with Gasteiger partial charge in [0.25, 0.3) is 0 Å². The molecular weight excluding hydrogens is 398 g/mol. The molecule has 4 unspecified atom stereocenters. The molecule has 0 aliphatic carbocycles. The number of aliphatic carboxylic acids is 1. The molecule has 2 aliphatic heterocycles. The standard InChI is InChI=1S/C16H27NO12/c1-5(19)17-7-11(8(20)6(4-18)27-15(7)26-3)28-16-10(22)9(21)12(25-2)13(29-16)14(23)24/h6-13,15-16,18,20-22H,4H2,1-3H3,(H,17,19)(H,23,24)/t6?,7-,8+,9+,10-,11+,12-,13?,15?,16?/m0/s1. The number of aliphatic hydroxyl groups is 4. The summed E-state index contributed by atoms with van der Waals surface area (Å²) in [5, 5.41) is 52.3. The van der Waals surface area contributed by atoms with Gasteiger partial charge in [0, 0.05) is 21.1 Å². The number of methoxy groups -OCH3 is 2. The molecule has 2 rings (SSSR count). The first kappa shape index (κ1) is 23.9. The fourth-order valence-electron chi connectivity index (χ4n) is 3.39. The van der Waals surface area contributed by atoms with Gasteiger partial charge in [0.15, 0.2) is 18.7 Å².